The van der Waals surface area contributed by atoms with E-state index in [0.717, 1.165) is 17.1 Å². The molecule has 0 spiro atoms. The van der Waals surface area contributed by atoms with Gasteiger partial charge in [-0.1, -0.05) is 197 Å². The lowest BCUT2D eigenvalue weighted by Gasteiger charge is -2.35. The van der Waals surface area contributed by atoms with Crippen LogP contribution in [0, 0.1) is 0 Å². The Kier molecular flexibility index (Phi) is 8.01. The minimum Gasteiger partial charge on any atom is -0.309 e. The van der Waals surface area contributed by atoms with Gasteiger partial charge in [-0.25, -0.2) is 0 Å². The van der Waals surface area contributed by atoms with E-state index < -0.39 is 5.41 Å². The van der Waals surface area contributed by atoms with Crippen molar-refractivity contribution in [3.05, 3.63) is 234 Å². The Morgan fingerprint density at radius 3 is 1.64 bits per heavy atom. The molecular weight excluding hydrogens is 675 g/mol. The molecule has 1 heteroatoms. The summed E-state index contributed by atoms with van der Waals surface area (Å²) in [5, 5.41) is 4.86. The lowest BCUT2D eigenvalue weighted by atomic mass is 9.67. The highest BCUT2D eigenvalue weighted by atomic mass is 15.1. The Morgan fingerprint density at radius 1 is 0.375 bits per heavy atom. The summed E-state index contributed by atoms with van der Waals surface area (Å²) in [6, 6.07) is 76.5. The molecule has 0 saturated carbocycles. The Morgan fingerprint density at radius 2 is 0.929 bits per heavy atom. The van der Waals surface area contributed by atoms with Crippen LogP contribution in [0.4, 0.5) is 17.1 Å². The summed E-state index contributed by atoms with van der Waals surface area (Å²) >= 11 is 0. The number of benzene rings is 9. The maximum atomic E-state index is 2.54. The highest BCUT2D eigenvalue weighted by Gasteiger charge is 2.46. The van der Waals surface area contributed by atoms with Gasteiger partial charge in [-0.15, -0.1) is 0 Å². The van der Waals surface area contributed by atoms with Gasteiger partial charge >= 0.3 is 0 Å². The van der Waals surface area contributed by atoms with Gasteiger partial charge in [0.1, 0.15) is 0 Å². The average Bonchev–Trinajstić information content (AvgIpc) is 3.54. The van der Waals surface area contributed by atoms with Crippen molar-refractivity contribution in [2.24, 2.45) is 0 Å². The summed E-state index contributed by atoms with van der Waals surface area (Å²) in [5.74, 6) is 0. The zero-order chi connectivity index (χ0) is 37.9. The molecule has 9 aromatic carbocycles. The Balaban J connectivity index is 1.33. The second-order valence-corrected chi connectivity index (χ2v) is 16.1. The molecular formula is C55H43N. The van der Waals surface area contributed by atoms with E-state index >= 15 is 0 Å². The van der Waals surface area contributed by atoms with Crippen molar-refractivity contribution >= 4 is 38.6 Å². The third-order valence-corrected chi connectivity index (χ3v) is 11.8. The van der Waals surface area contributed by atoms with Crippen molar-refractivity contribution in [2.45, 2.75) is 31.6 Å². The first-order valence-corrected chi connectivity index (χ1v) is 19.7. The smallest absolute Gasteiger partial charge is 0.0714 e. The number of nitrogens with zero attached hydrogens (tertiary/aromatic N) is 1. The number of fused-ring (bicyclic) bond motifs is 5. The second-order valence-electron chi connectivity index (χ2n) is 16.1. The van der Waals surface area contributed by atoms with Crippen molar-refractivity contribution in [3.8, 4) is 22.3 Å². The maximum Gasteiger partial charge on any atom is 0.0714 e. The van der Waals surface area contributed by atoms with E-state index in [-0.39, 0.29) is 5.41 Å². The standard InChI is InChI=1S/C55H43N/c1-54(2,3)49-30-16-14-29-46(49)48-35-39-20-10-11-21-40(39)36-53(48)56(52-32-18-22-38-19-12-13-27-44(38)52)43-33-34-47-45-28-15-17-31-50(45)55(51(47)37-43,41-23-6-4-7-24-41)42-25-8-5-9-26-42/h4-37H,1-3H3. The zero-order valence-electron chi connectivity index (χ0n) is 32.1. The van der Waals surface area contributed by atoms with Gasteiger partial charge in [0.15, 0.2) is 0 Å². The largest absolute Gasteiger partial charge is 0.309 e. The normalized spacial score (nSPS) is 13.1. The van der Waals surface area contributed by atoms with E-state index in [1.54, 1.807) is 0 Å². The highest BCUT2D eigenvalue weighted by Crippen LogP contribution is 2.58. The molecule has 56 heavy (non-hydrogen) atoms. The molecule has 0 N–H and O–H groups in total. The molecule has 0 saturated heterocycles. The minimum absolute atomic E-state index is 0.0614. The Labute approximate surface area is 330 Å². The first-order chi connectivity index (χ1) is 27.4. The second kappa shape index (κ2) is 13.3. The number of rotatable bonds is 6. The van der Waals surface area contributed by atoms with Crippen molar-refractivity contribution in [3.63, 3.8) is 0 Å². The van der Waals surface area contributed by atoms with Crippen LogP contribution in [0.3, 0.4) is 0 Å². The van der Waals surface area contributed by atoms with Gasteiger partial charge < -0.3 is 4.90 Å². The topological polar surface area (TPSA) is 3.24 Å². The van der Waals surface area contributed by atoms with Crippen LogP contribution < -0.4 is 4.90 Å². The molecule has 0 aromatic heterocycles. The fraction of sp³-hybridized carbons (Fsp3) is 0.0909. The summed E-state index contributed by atoms with van der Waals surface area (Å²) in [4.78, 5) is 2.54. The van der Waals surface area contributed by atoms with Crippen LogP contribution in [0.25, 0.3) is 43.8 Å². The van der Waals surface area contributed by atoms with Crippen LogP contribution in [0.15, 0.2) is 206 Å². The van der Waals surface area contributed by atoms with Gasteiger partial charge in [-0.2, -0.15) is 0 Å². The monoisotopic (exact) mass is 717 g/mol. The van der Waals surface area contributed by atoms with Crippen LogP contribution in [0.1, 0.15) is 48.6 Å². The number of anilines is 3. The van der Waals surface area contributed by atoms with E-state index in [4.69, 9.17) is 0 Å². The predicted molar refractivity (Wildman–Crippen MR) is 238 cm³/mol. The number of hydrogen-bond donors (Lipinski definition) is 0. The quantitative estimate of drug-likeness (QED) is 0.166. The van der Waals surface area contributed by atoms with Crippen LogP contribution in [0.5, 0.6) is 0 Å². The first kappa shape index (κ1) is 33.8. The predicted octanol–water partition coefficient (Wildman–Crippen LogP) is 14.8. The summed E-state index contributed by atoms with van der Waals surface area (Å²) in [6.07, 6.45) is 0. The Bertz CT molecular complexity index is 2850. The van der Waals surface area contributed by atoms with Gasteiger partial charge in [-0.05, 0) is 96.4 Å². The highest BCUT2D eigenvalue weighted by molar-refractivity contribution is 6.05. The van der Waals surface area contributed by atoms with Crippen LogP contribution in [0.2, 0.25) is 0 Å². The van der Waals surface area contributed by atoms with Crippen molar-refractivity contribution < 1.29 is 0 Å². The summed E-state index contributed by atoms with van der Waals surface area (Å²) < 4.78 is 0. The lowest BCUT2D eigenvalue weighted by Crippen LogP contribution is -2.28. The molecule has 9 aromatic rings. The maximum absolute atomic E-state index is 2.54. The van der Waals surface area contributed by atoms with E-state index in [0.29, 0.717) is 0 Å². The number of hydrogen-bond acceptors (Lipinski definition) is 1. The molecule has 1 aliphatic carbocycles. The molecule has 0 unspecified atom stereocenters. The molecule has 0 fully saturated rings. The van der Waals surface area contributed by atoms with Crippen LogP contribution >= 0.6 is 0 Å². The third-order valence-electron chi connectivity index (χ3n) is 11.8. The molecule has 1 aliphatic rings. The molecule has 0 bridgehead atoms. The van der Waals surface area contributed by atoms with Crippen LogP contribution in [-0.2, 0) is 10.8 Å². The van der Waals surface area contributed by atoms with Crippen molar-refractivity contribution in [1.29, 1.82) is 0 Å². The molecule has 0 amide bonds. The molecule has 0 atom stereocenters. The van der Waals surface area contributed by atoms with E-state index in [1.807, 2.05) is 0 Å². The molecule has 268 valence electrons. The Hall–Kier alpha value is -6.70. The minimum atomic E-state index is -0.514. The molecule has 10 rings (SSSR count). The summed E-state index contributed by atoms with van der Waals surface area (Å²) in [5.41, 5.74) is 14.3. The fourth-order valence-electron chi connectivity index (χ4n) is 9.38. The third kappa shape index (κ3) is 5.30. The zero-order valence-corrected chi connectivity index (χ0v) is 32.1. The lowest BCUT2D eigenvalue weighted by molar-refractivity contribution is 0.592. The van der Waals surface area contributed by atoms with Gasteiger partial charge in [0.25, 0.3) is 0 Å². The molecule has 0 heterocycles. The van der Waals surface area contributed by atoms with Gasteiger partial charge in [0, 0.05) is 16.6 Å². The summed E-state index contributed by atoms with van der Waals surface area (Å²) in [7, 11) is 0. The van der Waals surface area contributed by atoms with E-state index in [2.05, 4.69) is 232 Å². The molecule has 1 nitrogen and oxygen atoms in total. The van der Waals surface area contributed by atoms with Crippen molar-refractivity contribution in [2.75, 3.05) is 4.90 Å². The van der Waals surface area contributed by atoms with E-state index in [9.17, 15) is 0 Å². The van der Waals surface area contributed by atoms with Crippen molar-refractivity contribution in [1.82, 2.24) is 0 Å². The fourth-order valence-corrected chi connectivity index (χ4v) is 9.38. The first-order valence-electron chi connectivity index (χ1n) is 19.7. The average molecular weight is 718 g/mol. The van der Waals surface area contributed by atoms with Gasteiger partial charge in [0.05, 0.1) is 16.8 Å². The molecule has 0 radical (unpaired) electrons. The van der Waals surface area contributed by atoms with E-state index in [1.165, 1.54) is 71.6 Å². The van der Waals surface area contributed by atoms with Gasteiger partial charge in [-0.3, -0.25) is 0 Å². The van der Waals surface area contributed by atoms with Gasteiger partial charge in [0.2, 0.25) is 0 Å². The molecule has 0 aliphatic heterocycles. The SMILES string of the molecule is CC(C)(C)c1ccccc1-c1cc2ccccc2cc1N(c1ccc2c(c1)C(c1ccccc1)(c1ccccc1)c1ccccc1-2)c1cccc2ccccc12. The summed E-state index contributed by atoms with van der Waals surface area (Å²) in [6.45, 7) is 6.96. The van der Waals surface area contributed by atoms with Crippen LogP contribution in [-0.4, -0.2) is 0 Å².